The zero-order valence-electron chi connectivity index (χ0n) is 6.42. The monoisotopic (exact) mass is 240 g/mol. The average molecular weight is 241 g/mol. The maximum absolute atomic E-state index is 11.0. The maximum Gasteiger partial charge on any atom is 0.190 e. The van der Waals surface area contributed by atoms with E-state index < -0.39 is 0 Å². The first-order chi connectivity index (χ1) is 5.83. The summed E-state index contributed by atoms with van der Waals surface area (Å²) >= 11 is 10.4. The molecule has 0 fully saturated rings. The van der Waals surface area contributed by atoms with Crippen LogP contribution >= 0.6 is 46.9 Å². The molecule has 1 heterocycles. The number of carbonyl (C=O) groups is 1. The van der Waals surface area contributed by atoms with Crippen LogP contribution in [0.25, 0.3) is 0 Å². The van der Waals surface area contributed by atoms with Crippen LogP contribution in [0.1, 0.15) is 6.42 Å². The first-order valence-electron chi connectivity index (χ1n) is 3.48. The van der Waals surface area contributed by atoms with Gasteiger partial charge in [-0.05, 0) is 5.41 Å². The first kappa shape index (κ1) is 10.8. The third-order valence-electron chi connectivity index (χ3n) is 1.20. The van der Waals surface area contributed by atoms with E-state index in [9.17, 15) is 4.79 Å². The van der Waals surface area contributed by atoms with Gasteiger partial charge in [-0.3, -0.25) is 4.79 Å². The summed E-state index contributed by atoms with van der Waals surface area (Å²) in [6.07, 6.45) is 0.483. The van der Waals surface area contributed by atoms with Crippen LogP contribution in [-0.4, -0.2) is 21.8 Å². The molecule has 0 spiro atoms. The molecule has 0 saturated carbocycles. The van der Waals surface area contributed by atoms with Gasteiger partial charge < -0.3 is 0 Å². The van der Waals surface area contributed by atoms with Gasteiger partial charge in [0.05, 0.1) is 0 Å². The number of rotatable bonds is 4. The molecule has 1 aliphatic heterocycles. The lowest BCUT2D eigenvalue weighted by Gasteiger charge is -1.98. The van der Waals surface area contributed by atoms with Gasteiger partial charge in [-0.2, -0.15) is 0 Å². The van der Waals surface area contributed by atoms with Gasteiger partial charge in [0.2, 0.25) is 0 Å². The van der Waals surface area contributed by atoms with Crippen LogP contribution in [0.4, 0.5) is 0 Å². The Morgan fingerprint density at radius 3 is 3.17 bits per heavy atom. The van der Waals surface area contributed by atoms with E-state index in [-0.39, 0.29) is 5.12 Å². The van der Waals surface area contributed by atoms with Crippen molar-refractivity contribution in [2.45, 2.75) is 6.42 Å². The molecule has 5 heteroatoms. The van der Waals surface area contributed by atoms with E-state index in [0.717, 1.165) is 10.8 Å². The molecule has 0 atom stereocenters. The van der Waals surface area contributed by atoms with Crippen LogP contribution < -0.4 is 0 Å². The van der Waals surface area contributed by atoms with E-state index in [1.165, 1.54) is 16.7 Å². The summed E-state index contributed by atoms with van der Waals surface area (Å²) in [5, 5.41) is 3.43. The van der Waals surface area contributed by atoms with Crippen LogP contribution in [-0.2, 0) is 4.79 Å². The largest absolute Gasteiger partial charge is 0.287 e. The molecule has 0 bridgehead atoms. The lowest BCUT2D eigenvalue weighted by atomic mass is 10.5. The smallest absolute Gasteiger partial charge is 0.190 e. The minimum atomic E-state index is 0.198. The Morgan fingerprint density at radius 1 is 1.75 bits per heavy atom. The second-order valence-electron chi connectivity index (χ2n) is 2.11. The van der Waals surface area contributed by atoms with Gasteiger partial charge in [-0.25, -0.2) is 0 Å². The van der Waals surface area contributed by atoms with Gasteiger partial charge in [0, 0.05) is 28.0 Å². The molecular formula is C7H9ClOS3. The highest BCUT2D eigenvalue weighted by Crippen LogP contribution is 2.34. The quantitative estimate of drug-likeness (QED) is 0.702. The molecule has 12 heavy (non-hydrogen) atoms. The van der Waals surface area contributed by atoms with Gasteiger partial charge in [-0.15, -0.1) is 35.1 Å². The predicted octanol–water partition coefficient (Wildman–Crippen LogP) is 3.15. The molecule has 0 N–H and O–H groups in total. The fraction of sp³-hybridized carbons (Fsp3) is 0.571. The molecule has 0 aromatic rings. The minimum absolute atomic E-state index is 0.198. The van der Waals surface area contributed by atoms with Crippen molar-refractivity contribution in [2.75, 3.05) is 16.7 Å². The molecular weight excluding hydrogens is 232 g/mol. The third-order valence-corrected chi connectivity index (χ3v) is 4.80. The summed E-state index contributed by atoms with van der Waals surface area (Å²) in [7, 11) is 0. The molecule has 1 rings (SSSR count). The minimum Gasteiger partial charge on any atom is -0.287 e. The van der Waals surface area contributed by atoms with Crippen molar-refractivity contribution < 1.29 is 4.79 Å². The van der Waals surface area contributed by atoms with Crippen molar-refractivity contribution in [3.05, 3.63) is 10.3 Å². The number of carbonyl (C=O) groups excluding carboxylic acids is 1. The zero-order valence-corrected chi connectivity index (χ0v) is 9.62. The molecule has 0 aliphatic carbocycles. The summed E-state index contributed by atoms with van der Waals surface area (Å²) in [6, 6.07) is 0. The summed E-state index contributed by atoms with van der Waals surface area (Å²) in [5.41, 5.74) is 0. The van der Waals surface area contributed by atoms with Crippen molar-refractivity contribution in [3.8, 4) is 0 Å². The van der Waals surface area contributed by atoms with Crippen LogP contribution in [0, 0.1) is 0 Å². The Balaban J connectivity index is 2.12. The van der Waals surface area contributed by atoms with Gasteiger partial charge in [0.25, 0.3) is 0 Å². The van der Waals surface area contributed by atoms with E-state index in [1.807, 2.05) is 11.8 Å². The summed E-state index contributed by atoms with van der Waals surface area (Å²) < 4.78 is 0. The van der Waals surface area contributed by atoms with Crippen LogP contribution in [0.15, 0.2) is 10.3 Å². The molecule has 0 aromatic carbocycles. The zero-order chi connectivity index (χ0) is 8.81. The van der Waals surface area contributed by atoms with E-state index in [2.05, 4.69) is 5.41 Å². The summed E-state index contributed by atoms with van der Waals surface area (Å²) in [5.74, 6) is 1.26. The second-order valence-corrected chi connectivity index (χ2v) is 5.85. The Hall–Kier alpha value is 0.750. The topological polar surface area (TPSA) is 17.1 Å². The van der Waals surface area contributed by atoms with Crippen LogP contribution in [0.5, 0.6) is 0 Å². The molecule has 0 unspecified atom stereocenters. The van der Waals surface area contributed by atoms with Crippen molar-refractivity contribution in [3.63, 3.8) is 0 Å². The number of hydrogen-bond acceptors (Lipinski definition) is 4. The number of thioether (sulfide) groups is 3. The van der Waals surface area contributed by atoms with Crippen molar-refractivity contribution in [1.82, 2.24) is 0 Å². The van der Waals surface area contributed by atoms with Crippen LogP contribution in [0.3, 0.4) is 0 Å². The predicted molar refractivity (Wildman–Crippen MR) is 60.9 cm³/mol. The molecule has 1 nitrogen and oxygen atoms in total. The number of hydrogen-bond donors (Lipinski definition) is 0. The molecule has 0 radical (unpaired) electrons. The standard InChI is InChI=1S/C7H9ClOS3/c8-2-1-7(9)11-4-6-3-10-5-12-6/h3H,1-2,4-5H2. The van der Waals surface area contributed by atoms with Gasteiger partial charge in [-0.1, -0.05) is 11.8 Å². The van der Waals surface area contributed by atoms with Crippen molar-refractivity contribution >= 4 is 52.0 Å². The molecule has 0 saturated heterocycles. The lowest BCUT2D eigenvalue weighted by molar-refractivity contribution is -0.110. The number of halogens is 1. The maximum atomic E-state index is 11.0. The highest BCUT2D eigenvalue weighted by molar-refractivity contribution is 8.23. The Kier molecular flexibility index (Phi) is 5.63. The SMILES string of the molecule is O=C(CCCl)SCC1=CSCS1. The first-order valence-corrected chi connectivity index (χ1v) is 7.03. The number of alkyl halides is 1. The fourth-order valence-electron chi connectivity index (χ4n) is 0.647. The molecule has 0 aromatic heterocycles. The summed E-state index contributed by atoms with van der Waals surface area (Å²) in [4.78, 5) is 12.3. The van der Waals surface area contributed by atoms with E-state index in [1.54, 1.807) is 11.8 Å². The van der Waals surface area contributed by atoms with Crippen molar-refractivity contribution in [2.24, 2.45) is 0 Å². The average Bonchev–Trinajstić information content (AvgIpc) is 2.53. The van der Waals surface area contributed by atoms with E-state index >= 15 is 0 Å². The normalized spacial score (nSPS) is 16.2. The summed E-state index contributed by atoms with van der Waals surface area (Å²) in [6.45, 7) is 0. The fourth-order valence-corrected chi connectivity index (χ4v) is 4.07. The highest BCUT2D eigenvalue weighted by Gasteiger charge is 2.08. The Bertz CT molecular complexity index is 193. The third kappa shape index (κ3) is 4.12. The van der Waals surface area contributed by atoms with Crippen molar-refractivity contribution in [1.29, 1.82) is 0 Å². The van der Waals surface area contributed by atoms with E-state index in [4.69, 9.17) is 11.6 Å². The Morgan fingerprint density at radius 2 is 2.58 bits per heavy atom. The van der Waals surface area contributed by atoms with E-state index in [0.29, 0.717) is 12.3 Å². The molecule has 1 aliphatic rings. The van der Waals surface area contributed by atoms with Gasteiger partial charge in [0.1, 0.15) is 0 Å². The second kappa shape index (κ2) is 6.24. The Labute approximate surface area is 90.1 Å². The van der Waals surface area contributed by atoms with Crippen LogP contribution in [0.2, 0.25) is 0 Å². The molecule has 68 valence electrons. The lowest BCUT2D eigenvalue weighted by Crippen LogP contribution is -1.94. The molecule has 0 amide bonds. The van der Waals surface area contributed by atoms with Gasteiger partial charge >= 0.3 is 0 Å². The van der Waals surface area contributed by atoms with Gasteiger partial charge in [0.15, 0.2) is 5.12 Å². The highest BCUT2D eigenvalue weighted by atomic mass is 35.5.